The Balaban J connectivity index is 3.33. The van der Waals surface area contributed by atoms with E-state index in [1.165, 1.54) is 0 Å². The molecule has 1 rings (SSSR count). The van der Waals surface area contributed by atoms with Crippen LogP contribution in [0.25, 0.3) is 0 Å². The summed E-state index contributed by atoms with van der Waals surface area (Å²) in [5.74, 6) is 0. The summed E-state index contributed by atoms with van der Waals surface area (Å²) in [6.07, 6.45) is -4.84. The van der Waals surface area contributed by atoms with E-state index in [4.69, 9.17) is 16.7 Å². The Morgan fingerprint density at radius 2 is 1.94 bits per heavy atom. The lowest BCUT2D eigenvalue weighted by atomic mass is 10.2. The first kappa shape index (κ1) is 15.2. The number of aliphatic hydroxyl groups excluding tert-OH is 1. The molecule has 0 aromatic heterocycles. The van der Waals surface area contributed by atoms with Gasteiger partial charge >= 0.3 is 6.18 Å². The molecule has 0 atom stereocenters. The smallest absolute Gasteiger partial charge is 0.395 e. The summed E-state index contributed by atoms with van der Waals surface area (Å²) in [4.78, 5) is -0.923. The van der Waals surface area contributed by atoms with Gasteiger partial charge in [0.2, 0.25) is 10.0 Å². The van der Waals surface area contributed by atoms with Crippen LogP contribution in [-0.4, -0.2) is 26.7 Å². The number of hydrogen-bond acceptors (Lipinski definition) is 3. The van der Waals surface area contributed by atoms with Crippen molar-refractivity contribution in [2.45, 2.75) is 11.1 Å². The summed E-state index contributed by atoms with van der Waals surface area (Å²) < 4.78 is 63.1. The molecule has 0 aliphatic carbocycles. The average molecular weight is 304 g/mol. The minimum Gasteiger partial charge on any atom is -0.395 e. The van der Waals surface area contributed by atoms with Crippen molar-refractivity contribution in [3.8, 4) is 0 Å². The molecule has 0 bridgehead atoms. The standard InChI is InChI=1S/C9H9ClF3NO3S/c10-6-1-2-8(7(5-6)9(11,12)13)18(16,17)14-3-4-15/h1-2,5,14-15H,3-4H2. The van der Waals surface area contributed by atoms with Crippen molar-refractivity contribution in [3.63, 3.8) is 0 Å². The largest absolute Gasteiger partial charge is 0.417 e. The predicted octanol–water partition coefficient (Wildman–Crippen LogP) is 1.63. The molecule has 0 spiro atoms. The molecule has 0 heterocycles. The highest BCUT2D eigenvalue weighted by Gasteiger charge is 2.37. The van der Waals surface area contributed by atoms with Gasteiger partial charge in [-0.05, 0) is 18.2 Å². The van der Waals surface area contributed by atoms with Crippen LogP contribution >= 0.6 is 11.6 Å². The van der Waals surface area contributed by atoms with Crippen molar-refractivity contribution in [1.82, 2.24) is 4.72 Å². The fourth-order valence-corrected chi connectivity index (χ4v) is 2.61. The number of nitrogens with one attached hydrogen (secondary N) is 1. The van der Waals surface area contributed by atoms with Crippen LogP contribution in [0.15, 0.2) is 23.1 Å². The molecule has 0 saturated carbocycles. The van der Waals surface area contributed by atoms with Crippen LogP contribution in [-0.2, 0) is 16.2 Å². The van der Waals surface area contributed by atoms with Crippen LogP contribution in [0.3, 0.4) is 0 Å². The van der Waals surface area contributed by atoms with Gasteiger partial charge in [-0.25, -0.2) is 13.1 Å². The topological polar surface area (TPSA) is 66.4 Å². The van der Waals surface area contributed by atoms with Crippen molar-refractivity contribution in [2.24, 2.45) is 0 Å². The normalized spacial score (nSPS) is 12.7. The van der Waals surface area contributed by atoms with Gasteiger partial charge in [0.15, 0.2) is 0 Å². The molecule has 1 aromatic carbocycles. The SMILES string of the molecule is O=S(=O)(NCCO)c1ccc(Cl)cc1C(F)(F)F. The van der Waals surface area contributed by atoms with Gasteiger partial charge < -0.3 is 5.11 Å². The van der Waals surface area contributed by atoms with Gasteiger partial charge in [-0.1, -0.05) is 11.6 Å². The zero-order valence-corrected chi connectivity index (χ0v) is 10.4. The number of alkyl halides is 3. The molecule has 0 radical (unpaired) electrons. The molecular weight excluding hydrogens is 295 g/mol. The van der Waals surface area contributed by atoms with Crippen LogP contribution in [0.5, 0.6) is 0 Å². The van der Waals surface area contributed by atoms with E-state index in [2.05, 4.69) is 0 Å². The molecule has 0 aliphatic rings. The number of benzene rings is 1. The van der Waals surface area contributed by atoms with E-state index in [9.17, 15) is 21.6 Å². The maximum Gasteiger partial charge on any atom is 0.417 e. The number of hydrogen-bond donors (Lipinski definition) is 2. The molecule has 2 N–H and O–H groups in total. The van der Waals surface area contributed by atoms with E-state index in [0.717, 1.165) is 12.1 Å². The third-order valence-electron chi connectivity index (χ3n) is 1.94. The van der Waals surface area contributed by atoms with Gasteiger partial charge in [0, 0.05) is 11.6 Å². The highest BCUT2D eigenvalue weighted by atomic mass is 35.5. The molecule has 0 saturated heterocycles. The number of rotatable bonds is 4. The minimum absolute atomic E-state index is 0.219. The Hall–Kier alpha value is -0.830. The van der Waals surface area contributed by atoms with E-state index >= 15 is 0 Å². The van der Waals surface area contributed by atoms with Crippen LogP contribution in [0.1, 0.15) is 5.56 Å². The van der Waals surface area contributed by atoms with Crippen molar-refractivity contribution < 1.29 is 26.7 Å². The van der Waals surface area contributed by atoms with Gasteiger partial charge in [-0.3, -0.25) is 0 Å². The summed E-state index contributed by atoms with van der Waals surface area (Å²) in [7, 11) is -4.34. The van der Waals surface area contributed by atoms with Crippen LogP contribution in [0.2, 0.25) is 5.02 Å². The Morgan fingerprint density at radius 3 is 2.44 bits per heavy atom. The maximum atomic E-state index is 12.7. The molecule has 1 aromatic rings. The summed E-state index contributed by atoms with van der Waals surface area (Å²) in [5.41, 5.74) is -1.35. The van der Waals surface area contributed by atoms with E-state index < -0.39 is 33.3 Å². The third kappa shape index (κ3) is 3.58. The lowest BCUT2D eigenvalue weighted by Gasteiger charge is -2.13. The molecule has 0 fully saturated rings. The monoisotopic (exact) mass is 303 g/mol. The predicted molar refractivity (Wildman–Crippen MR) is 58.7 cm³/mol. The van der Waals surface area contributed by atoms with Crippen LogP contribution < -0.4 is 4.72 Å². The lowest BCUT2D eigenvalue weighted by Crippen LogP contribution is -2.28. The Kier molecular flexibility index (Phi) is 4.60. The first-order valence-electron chi connectivity index (χ1n) is 4.66. The van der Waals surface area contributed by atoms with E-state index in [1.807, 2.05) is 4.72 Å². The highest BCUT2D eigenvalue weighted by molar-refractivity contribution is 7.89. The first-order valence-corrected chi connectivity index (χ1v) is 6.52. The molecule has 4 nitrogen and oxygen atoms in total. The van der Waals surface area contributed by atoms with Crippen LogP contribution in [0.4, 0.5) is 13.2 Å². The summed E-state index contributed by atoms with van der Waals surface area (Å²) >= 11 is 5.42. The zero-order chi connectivity index (χ0) is 14.0. The minimum atomic E-state index is -4.84. The number of aliphatic hydroxyl groups is 1. The van der Waals surface area contributed by atoms with Gasteiger partial charge in [-0.2, -0.15) is 13.2 Å². The van der Waals surface area contributed by atoms with Crippen molar-refractivity contribution in [1.29, 1.82) is 0 Å². The summed E-state index contributed by atoms with van der Waals surface area (Å²) in [5, 5.41) is 8.26. The Bertz CT molecular complexity index is 530. The second-order valence-electron chi connectivity index (χ2n) is 3.26. The van der Waals surface area contributed by atoms with E-state index in [1.54, 1.807) is 0 Å². The molecule has 18 heavy (non-hydrogen) atoms. The van der Waals surface area contributed by atoms with Gasteiger partial charge in [0.05, 0.1) is 17.1 Å². The summed E-state index contributed by atoms with van der Waals surface area (Å²) in [6, 6.07) is 2.35. The Morgan fingerprint density at radius 1 is 1.33 bits per heavy atom. The molecule has 9 heteroatoms. The van der Waals surface area contributed by atoms with Gasteiger partial charge in [-0.15, -0.1) is 0 Å². The van der Waals surface area contributed by atoms with E-state index in [0.29, 0.717) is 6.07 Å². The highest BCUT2D eigenvalue weighted by Crippen LogP contribution is 2.35. The van der Waals surface area contributed by atoms with E-state index in [-0.39, 0.29) is 11.6 Å². The molecule has 102 valence electrons. The van der Waals surface area contributed by atoms with Gasteiger partial charge in [0.25, 0.3) is 0 Å². The quantitative estimate of drug-likeness (QED) is 0.888. The number of sulfonamides is 1. The molecule has 0 unspecified atom stereocenters. The van der Waals surface area contributed by atoms with Gasteiger partial charge in [0.1, 0.15) is 0 Å². The average Bonchev–Trinajstić information content (AvgIpc) is 2.25. The zero-order valence-electron chi connectivity index (χ0n) is 8.83. The Labute approximate surface area is 106 Å². The molecular formula is C9H9ClF3NO3S. The van der Waals surface area contributed by atoms with Crippen molar-refractivity contribution in [2.75, 3.05) is 13.2 Å². The second kappa shape index (κ2) is 5.43. The maximum absolute atomic E-state index is 12.7. The number of halogens is 4. The lowest BCUT2D eigenvalue weighted by molar-refractivity contribution is -0.139. The van der Waals surface area contributed by atoms with Crippen molar-refractivity contribution >= 4 is 21.6 Å². The summed E-state index contributed by atoms with van der Waals surface area (Å²) in [6.45, 7) is -0.892. The fourth-order valence-electron chi connectivity index (χ4n) is 1.22. The molecule has 0 aliphatic heterocycles. The second-order valence-corrected chi connectivity index (χ2v) is 5.43. The third-order valence-corrected chi connectivity index (χ3v) is 3.69. The molecule has 0 amide bonds. The first-order chi connectivity index (χ1) is 8.18. The fraction of sp³-hybridized carbons (Fsp3) is 0.333. The van der Waals surface area contributed by atoms with Crippen LogP contribution in [0, 0.1) is 0 Å². The van der Waals surface area contributed by atoms with Crippen molar-refractivity contribution in [3.05, 3.63) is 28.8 Å².